The Morgan fingerprint density at radius 1 is 0.833 bits per heavy atom. The average molecular weight is 609 g/mol. The highest BCUT2D eigenvalue weighted by Gasteiger charge is 2.29. The van der Waals surface area contributed by atoms with Crippen molar-refractivity contribution < 1.29 is 22.6 Å². The smallest absolute Gasteiger partial charge is 0.253 e. The van der Waals surface area contributed by atoms with Crippen molar-refractivity contribution in [3.8, 4) is 22.3 Å². The first-order valence-corrected chi connectivity index (χ1v) is 14.2. The first-order valence-electron chi connectivity index (χ1n) is 10.8. The number of rotatable bonds is 10. The van der Waals surface area contributed by atoms with Crippen LogP contribution in [-0.2, 0) is 23.1 Å². The van der Waals surface area contributed by atoms with Gasteiger partial charge in [-0.15, -0.1) is 0 Å². The summed E-state index contributed by atoms with van der Waals surface area (Å²) >= 11 is 10.8. The molecule has 6 nitrogen and oxygen atoms in total. The molecule has 0 N–H and O–H groups in total. The predicted molar refractivity (Wildman–Crippen MR) is 146 cm³/mol. The second-order valence-electron chi connectivity index (χ2n) is 7.73. The number of hydrogen-bond donors (Lipinski definition) is 0. The Balaban J connectivity index is 1.65. The molecule has 36 heavy (non-hydrogen) atoms. The fraction of sp³-hybridized carbons (Fsp3) is 0.154. The van der Waals surface area contributed by atoms with E-state index in [0.29, 0.717) is 22.3 Å². The monoisotopic (exact) mass is 607 g/mol. The molecule has 188 valence electrons. The fourth-order valence-corrected chi connectivity index (χ4v) is 6.94. The Bertz CT molecular complexity index is 1370. The van der Waals surface area contributed by atoms with E-state index in [4.69, 9.17) is 25.8 Å². The molecule has 1 aromatic heterocycles. The number of ether oxygens (including phenoxy) is 3. The van der Waals surface area contributed by atoms with E-state index in [2.05, 4.69) is 15.9 Å². The van der Waals surface area contributed by atoms with Gasteiger partial charge >= 0.3 is 0 Å². The summed E-state index contributed by atoms with van der Waals surface area (Å²) in [5.74, 6) is 1.94. The number of hydrogen-bond acceptors (Lipinski definition) is 6. The van der Waals surface area contributed by atoms with Crippen LogP contribution in [0.2, 0.25) is 5.02 Å². The van der Waals surface area contributed by atoms with E-state index in [1.165, 1.54) is 10.4 Å². The molecular weight excluding hydrogens is 586 g/mol. The summed E-state index contributed by atoms with van der Waals surface area (Å²) in [6.07, 6.45) is 0. The van der Waals surface area contributed by atoms with E-state index in [9.17, 15) is 8.42 Å². The fourth-order valence-electron chi connectivity index (χ4n) is 3.39. The average Bonchev–Trinajstić information content (AvgIpc) is 3.25. The van der Waals surface area contributed by atoms with Crippen molar-refractivity contribution in [1.29, 1.82) is 0 Å². The maximum Gasteiger partial charge on any atom is 0.253 e. The lowest BCUT2D eigenvalue weighted by Gasteiger charge is -2.22. The van der Waals surface area contributed by atoms with Crippen molar-refractivity contribution in [2.45, 2.75) is 17.3 Å². The number of benzene rings is 3. The lowest BCUT2D eigenvalue weighted by atomic mass is 10.2. The molecule has 0 aliphatic carbocycles. The maximum absolute atomic E-state index is 13.8. The zero-order chi connectivity index (χ0) is 25.7. The number of sulfonamides is 1. The molecule has 0 saturated carbocycles. The highest BCUT2D eigenvalue weighted by atomic mass is 79.9. The molecule has 4 rings (SSSR count). The largest absolute Gasteiger partial charge is 0.497 e. The molecular formula is C26H23BrClNO5S2. The molecule has 0 bridgehead atoms. The van der Waals surface area contributed by atoms with E-state index in [-0.39, 0.29) is 22.3 Å². The first-order chi connectivity index (χ1) is 17.3. The van der Waals surface area contributed by atoms with Crippen LogP contribution in [-0.4, -0.2) is 26.9 Å². The van der Waals surface area contributed by atoms with E-state index < -0.39 is 10.0 Å². The standard InChI is InChI=1S/C26H23BrClNO5S2/c1-32-21-10-6-18(7-11-21)16-29(17-19-8-12-22(33-2)13-9-19)36(30,31)25-15-24(28)26(35-25)34-23-5-3-4-20(27)14-23/h3-15H,16-17H2,1-2H3. The summed E-state index contributed by atoms with van der Waals surface area (Å²) in [7, 11) is -0.741. The third-order valence-electron chi connectivity index (χ3n) is 5.27. The number of methoxy groups -OCH3 is 2. The van der Waals surface area contributed by atoms with Crippen LogP contribution < -0.4 is 14.2 Å². The van der Waals surface area contributed by atoms with Crippen molar-refractivity contribution >= 4 is 48.9 Å². The molecule has 0 fully saturated rings. The number of halogens is 2. The van der Waals surface area contributed by atoms with Crippen molar-refractivity contribution in [2.24, 2.45) is 0 Å². The Hall–Kier alpha value is -2.56. The van der Waals surface area contributed by atoms with Crippen molar-refractivity contribution in [3.05, 3.63) is 99.5 Å². The summed E-state index contributed by atoms with van der Waals surface area (Å²) in [6, 6.07) is 23.3. The molecule has 10 heteroatoms. The maximum atomic E-state index is 13.8. The van der Waals surface area contributed by atoms with Gasteiger partial charge in [-0.1, -0.05) is 69.2 Å². The van der Waals surface area contributed by atoms with Gasteiger partial charge in [0.05, 0.1) is 19.2 Å². The van der Waals surface area contributed by atoms with Crippen LogP contribution in [0.5, 0.6) is 22.3 Å². The van der Waals surface area contributed by atoms with Gasteiger partial charge in [0.1, 0.15) is 21.5 Å². The SMILES string of the molecule is COc1ccc(CN(Cc2ccc(OC)cc2)S(=O)(=O)c2cc(Cl)c(Oc3cccc(Br)c3)s2)cc1. The normalized spacial score (nSPS) is 11.5. The highest BCUT2D eigenvalue weighted by molar-refractivity contribution is 9.10. The van der Waals surface area contributed by atoms with Crippen molar-refractivity contribution in [3.63, 3.8) is 0 Å². The van der Waals surface area contributed by atoms with Gasteiger partial charge in [-0.3, -0.25) is 0 Å². The molecule has 0 radical (unpaired) electrons. The number of thiophene rings is 1. The predicted octanol–water partition coefficient (Wildman–Crippen LogP) is 7.36. The Morgan fingerprint density at radius 2 is 1.39 bits per heavy atom. The zero-order valence-corrected chi connectivity index (χ0v) is 23.5. The second-order valence-corrected chi connectivity index (χ2v) is 12.2. The van der Waals surface area contributed by atoms with Gasteiger partial charge in [0.2, 0.25) is 5.06 Å². The van der Waals surface area contributed by atoms with Crippen LogP contribution in [0.25, 0.3) is 0 Å². The van der Waals surface area contributed by atoms with Crippen molar-refractivity contribution in [1.82, 2.24) is 4.31 Å². The lowest BCUT2D eigenvalue weighted by molar-refractivity contribution is 0.398. The molecule has 0 amide bonds. The van der Waals surface area contributed by atoms with Crippen LogP contribution >= 0.6 is 38.9 Å². The Labute approximate surface area is 228 Å². The van der Waals surface area contributed by atoms with Gasteiger partial charge in [-0.05, 0) is 59.7 Å². The second kappa shape index (κ2) is 11.7. The molecule has 0 atom stereocenters. The summed E-state index contributed by atoms with van der Waals surface area (Å²) in [5, 5.41) is 0.537. The first kappa shape index (κ1) is 26.5. The zero-order valence-electron chi connectivity index (χ0n) is 19.5. The molecule has 0 saturated heterocycles. The molecule has 0 unspecified atom stereocenters. The van der Waals surface area contributed by atoms with E-state index >= 15 is 0 Å². The third-order valence-corrected chi connectivity index (χ3v) is 9.41. The summed E-state index contributed by atoms with van der Waals surface area (Å²) in [6.45, 7) is 0.325. The minimum atomic E-state index is -3.92. The van der Waals surface area contributed by atoms with Gasteiger partial charge in [0.15, 0.2) is 0 Å². The van der Waals surface area contributed by atoms with Gasteiger partial charge in [0.25, 0.3) is 10.0 Å². The van der Waals surface area contributed by atoms with Crippen LogP contribution in [0.1, 0.15) is 11.1 Å². The lowest BCUT2D eigenvalue weighted by Crippen LogP contribution is -2.29. The molecule has 3 aromatic carbocycles. The summed E-state index contributed by atoms with van der Waals surface area (Å²) in [4.78, 5) is 0. The van der Waals surface area contributed by atoms with Gasteiger partial charge in [-0.25, -0.2) is 8.42 Å². The minimum Gasteiger partial charge on any atom is -0.497 e. The Kier molecular flexibility index (Phi) is 8.58. The van der Waals surface area contributed by atoms with Crippen LogP contribution in [0.15, 0.2) is 87.5 Å². The van der Waals surface area contributed by atoms with Crippen molar-refractivity contribution in [2.75, 3.05) is 14.2 Å². The highest BCUT2D eigenvalue weighted by Crippen LogP contribution is 2.41. The van der Waals surface area contributed by atoms with Crippen LogP contribution in [0.4, 0.5) is 0 Å². The quantitative estimate of drug-likeness (QED) is 0.188. The topological polar surface area (TPSA) is 65.1 Å². The van der Waals surface area contributed by atoms with Crippen LogP contribution in [0, 0.1) is 0 Å². The van der Waals surface area contributed by atoms with E-state index in [1.54, 1.807) is 50.6 Å². The molecule has 1 heterocycles. The summed E-state index contributed by atoms with van der Waals surface area (Å²) in [5.41, 5.74) is 1.64. The minimum absolute atomic E-state index is 0.0968. The molecule has 0 aliphatic rings. The van der Waals surface area contributed by atoms with Crippen LogP contribution in [0.3, 0.4) is 0 Å². The molecule has 0 aliphatic heterocycles. The number of nitrogens with zero attached hydrogens (tertiary/aromatic N) is 1. The molecule has 4 aromatic rings. The van der Waals surface area contributed by atoms with Gasteiger partial charge in [-0.2, -0.15) is 4.31 Å². The van der Waals surface area contributed by atoms with Gasteiger partial charge in [0, 0.05) is 17.6 Å². The van der Waals surface area contributed by atoms with Gasteiger partial charge < -0.3 is 14.2 Å². The van der Waals surface area contributed by atoms with E-state index in [0.717, 1.165) is 26.9 Å². The Morgan fingerprint density at radius 3 is 1.89 bits per heavy atom. The summed E-state index contributed by atoms with van der Waals surface area (Å²) < 4.78 is 46.3. The molecule has 0 spiro atoms. The third kappa shape index (κ3) is 6.41. The van der Waals surface area contributed by atoms with E-state index in [1.807, 2.05) is 36.4 Å².